The first-order valence-electron chi connectivity index (χ1n) is 11.0. The molecule has 3 rings (SSSR count). The van der Waals surface area contributed by atoms with Gasteiger partial charge in [0.25, 0.3) is 0 Å². The molecule has 1 amide bonds. The molecule has 0 spiro atoms. The van der Waals surface area contributed by atoms with Crippen LogP contribution in [0, 0.1) is 17.2 Å². The lowest BCUT2D eigenvalue weighted by atomic mass is 9.75. The van der Waals surface area contributed by atoms with Gasteiger partial charge in [-0.3, -0.25) is 4.79 Å². The fraction of sp³-hybridized carbons (Fsp3) is 0.462. The van der Waals surface area contributed by atoms with Crippen LogP contribution in [-0.4, -0.2) is 25.5 Å². The Morgan fingerprint density at radius 3 is 2.47 bits per heavy atom. The summed E-state index contributed by atoms with van der Waals surface area (Å²) < 4.78 is 0. The molecule has 1 aliphatic rings. The minimum Gasteiger partial charge on any atom is -0.342 e. The number of nitrogens with one attached hydrogen (secondary N) is 2. The van der Waals surface area contributed by atoms with E-state index in [4.69, 9.17) is 5.26 Å². The highest BCUT2D eigenvalue weighted by Gasteiger charge is 2.28. The van der Waals surface area contributed by atoms with E-state index in [1.165, 1.54) is 11.1 Å². The molecule has 0 unspecified atom stereocenters. The number of amides is 1. The third-order valence-electron chi connectivity index (χ3n) is 6.28. The number of nitriles is 1. The number of rotatable bonds is 7. The second kappa shape index (κ2) is 9.91. The quantitative estimate of drug-likeness (QED) is 0.655. The molecule has 1 fully saturated rings. The normalized spacial score (nSPS) is 16.6. The van der Waals surface area contributed by atoms with Gasteiger partial charge in [0.1, 0.15) is 6.54 Å². The van der Waals surface area contributed by atoms with E-state index < -0.39 is 0 Å². The monoisotopic (exact) mass is 403 g/mol. The van der Waals surface area contributed by atoms with Crippen LogP contribution in [0.5, 0.6) is 0 Å². The van der Waals surface area contributed by atoms with Crippen LogP contribution < -0.4 is 10.6 Å². The minimum absolute atomic E-state index is 0.0445. The van der Waals surface area contributed by atoms with Crippen molar-refractivity contribution in [1.82, 2.24) is 10.6 Å². The molecule has 0 radical (unpaired) electrons. The Kier molecular flexibility index (Phi) is 7.29. The fourth-order valence-corrected chi connectivity index (χ4v) is 4.38. The van der Waals surface area contributed by atoms with Crippen molar-refractivity contribution in [3.05, 3.63) is 59.7 Å². The lowest BCUT2D eigenvalue weighted by Crippen LogP contribution is -2.37. The second-order valence-electron chi connectivity index (χ2n) is 9.07. The molecule has 0 saturated carbocycles. The Bertz CT molecular complexity index is 889. The molecule has 2 aromatic carbocycles. The van der Waals surface area contributed by atoms with Crippen LogP contribution in [-0.2, 0) is 10.2 Å². The van der Waals surface area contributed by atoms with Gasteiger partial charge in [-0.15, -0.1) is 0 Å². The SMILES string of the molecule is CC(C)C[C@@H](C(=O)NCC#N)c1cccc(-c2ccc(C3(C)CCNCC3)cc2)c1. The predicted octanol–water partition coefficient (Wildman–Crippen LogP) is 4.76. The molecule has 30 heavy (non-hydrogen) atoms. The maximum Gasteiger partial charge on any atom is 0.228 e. The Labute approximate surface area is 180 Å². The molecule has 4 nitrogen and oxygen atoms in total. The smallest absolute Gasteiger partial charge is 0.228 e. The summed E-state index contributed by atoms with van der Waals surface area (Å²) in [7, 11) is 0. The first-order chi connectivity index (χ1) is 14.4. The van der Waals surface area contributed by atoms with E-state index in [-0.39, 0.29) is 23.8 Å². The Morgan fingerprint density at radius 1 is 1.13 bits per heavy atom. The zero-order valence-electron chi connectivity index (χ0n) is 18.4. The van der Waals surface area contributed by atoms with E-state index in [2.05, 4.69) is 67.8 Å². The maximum atomic E-state index is 12.7. The molecule has 158 valence electrons. The molecule has 1 heterocycles. The van der Waals surface area contributed by atoms with Crippen molar-refractivity contribution in [1.29, 1.82) is 5.26 Å². The molecule has 0 bridgehead atoms. The average molecular weight is 404 g/mol. The molecule has 1 atom stereocenters. The standard InChI is InChI=1S/C26H33N3O/c1-19(2)17-24(25(30)29-16-13-27)22-6-4-5-21(18-22)20-7-9-23(10-8-20)26(3)11-14-28-15-12-26/h4-10,18-19,24,28H,11-12,14-17H2,1-3H3,(H,29,30)/t24-/m1/s1. The van der Waals surface area contributed by atoms with Gasteiger partial charge in [-0.05, 0) is 65.9 Å². The van der Waals surface area contributed by atoms with Crippen LogP contribution in [0.1, 0.15) is 57.1 Å². The molecule has 1 saturated heterocycles. The summed E-state index contributed by atoms with van der Waals surface area (Å²) in [4.78, 5) is 12.7. The highest BCUT2D eigenvalue weighted by Crippen LogP contribution is 2.34. The van der Waals surface area contributed by atoms with Crippen LogP contribution in [0.25, 0.3) is 11.1 Å². The van der Waals surface area contributed by atoms with Gasteiger partial charge in [-0.1, -0.05) is 69.3 Å². The number of hydrogen-bond donors (Lipinski definition) is 2. The van der Waals surface area contributed by atoms with E-state index in [0.29, 0.717) is 5.92 Å². The number of piperidine rings is 1. The van der Waals surface area contributed by atoms with E-state index in [1.807, 2.05) is 18.2 Å². The van der Waals surface area contributed by atoms with Crippen LogP contribution >= 0.6 is 0 Å². The number of nitrogens with zero attached hydrogens (tertiary/aromatic N) is 1. The van der Waals surface area contributed by atoms with Crippen molar-refractivity contribution in [2.45, 2.75) is 51.4 Å². The lowest BCUT2D eigenvalue weighted by molar-refractivity contribution is -0.122. The number of carbonyl (C=O) groups excluding carboxylic acids is 1. The van der Waals surface area contributed by atoms with Crippen LogP contribution in [0.15, 0.2) is 48.5 Å². The Hall–Kier alpha value is -2.64. The summed E-state index contributed by atoms with van der Waals surface area (Å²) in [5.41, 5.74) is 4.94. The van der Waals surface area contributed by atoms with Crippen LogP contribution in [0.3, 0.4) is 0 Å². The van der Waals surface area contributed by atoms with Crippen molar-refractivity contribution < 1.29 is 4.79 Å². The minimum atomic E-state index is -0.244. The number of hydrogen-bond acceptors (Lipinski definition) is 3. The van der Waals surface area contributed by atoms with Gasteiger partial charge in [0.05, 0.1) is 12.0 Å². The van der Waals surface area contributed by atoms with Crippen LogP contribution in [0.4, 0.5) is 0 Å². The first kappa shape index (κ1) is 22.1. The second-order valence-corrected chi connectivity index (χ2v) is 9.07. The van der Waals surface area contributed by atoms with Crippen molar-refractivity contribution in [3.63, 3.8) is 0 Å². The summed E-state index contributed by atoms with van der Waals surface area (Å²) in [6.45, 7) is 8.79. The van der Waals surface area contributed by atoms with Crippen molar-refractivity contribution in [2.75, 3.05) is 19.6 Å². The summed E-state index contributed by atoms with van der Waals surface area (Å²) in [6.07, 6.45) is 3.08. The Morgan fingerprint density at radius 2 is 1.83 bits per heavy atom. The van der Waals surface area contributed by atoms with Crippen molar-refractivity contribution >= 4 is 5.91 Å². The lowest BCUT2D eigenvalue weighted by Gasteiger charge is -2.34. The highest BCUT2D eigenvalue weighted by molar-refractivity contribution is 5.84. The molecule has 1 aliphatic heterocycles. The fourth-order valence-electron chi connectivity index (χ4n) is 4.38. The predicted molar refractivity (Wildman–Crippen MR) is 122 cm³/mol. The van der Waals surface area contributed by atoms with Gasteiger partial charge in [0.15, 0.2) is 0 Å². The van der Waals surface area contributed by atoms with E-state index in [0.717, 1.165) is 43.5 Å². The topological polar surface area (TPSA) is 64.9 Å². The molecular formula is C26H33N3O. The van der Waals surface area contributed by atoms with Crippen molar-refractivity contribution in [2.24, 2.45) is 5.92 Å². The van der Waals surface area contributed by atoms with Gasteiger partial charge in [-0.2, -0.15) is 5.26 Å². The summed E-state index contributed by atoms with van der Waals surface area (Å²) in [6, 6.07) is 19.2. The van der Waals surface area contributed by atoms with E-state index in [1.54, 1.807) is 0 Å². The average Bonchev–Trinajstić information content (AvgIpc) is 2.76. The van der Waals surface area contributed by atoms with Gasteiger partial charge < -0.3 is 10.6 Å². The molecule has 0 aromatic heterocycles. The molecular weight excluding hydrogens is 370 g/mol. The molecule has 0 aliphatic carbocycles. The van der Waals surface area contributed by atoms with E-state index >= 15 is 0 Å². The molecule has 2 aromatic rings. The largest absolute Gasteiger partial charge is 0.342 e. The first-order valence-corrected chi connectivity index (χ1v) is 11.0. The number of carbonyl (C=O) groups is 1. The van der Waals surface area contributed by atoms with Crippen LogP contribution in [0.2, 0.25) is 0 Å². The zero-order chi connectivity index (χ0) is 21.6. The van der Waals surface area contributed by atoms with E-state index in [9.17, 15) is 4.79 Å². The van der Waals surface area contributed by atoms with Gasteiger partial charge in [-0.25, -0.2) is 0 Å². The van der Waals surface area contributed by atoms with Gasteiger partial charge in [0.2, 0.25) is 5.91 Å². The number of benzene rings is 2. The highest BCUT2D eigenvalue weighted by atomic mass is 16.1. The van der Waals surface area contributed by atoms with Gasteiger partial charge >= 0.3 is 0 Å². The maximum absolute atomic E-state index is 12.7. The molecule has 4 heteroatoms. The third-order valence-corrected chi connectivity index (χ3v) is 6.28. The third kappa shape index (κ3) is 5.29. The summed E-state index contributed by atoms with van der Waals surface area (Å²) in [5.74, 6) is 0.0688. The molecule has 2 N–H and O–H groups in total. The van der Waals surface area contributed by atoms with Gasteiger partial charge in [0, 0.05) is 0 Å². The summed E-state index contributed by atoms with van der Waals surface area (Å²) >= 11 is 0. The Balaban J connectivity index is 1.84. The zero-order valence-corrected chi connectivity index (χ0v) is 18.4. The summed E-state index contributed by atoms with van der Waals surface area (Å²) in [5, 5.41) is 15.0. The van der Waals surface area contributed by atoms with Crippen molar-refractivity contribution in [3.8, 4) is 17.2 Å².